The van der Waals surface area contributed by atoms with Crippen molar-refractivity contribution in [2.75, 3.05) is 4.90 Å². The van der Waals surface area contributed by atoms with E-state index in [0.717, 1.165) is 5.82 Å². The fourth-order valence-corrected chi connectivity index (χ4v) is 4.22. The molecular weight excluding hydrogens is 335 g/mol. The Morgan fingerprint density at radius 3 is 2.45 bits per heavy atom. The number of aromatic nitrogens is 1. The molecule has 0 saturated carbocycles. The summed E-state index contributed by atoms with van der Waals surface area (Å²) in [6, 6.07) is 25.3. The quantitative estimate of drug-likeness (QED) is 0.496. The third kappa shape index (κ3) is 2.35. The molecule has 2 aromatic carbocycles. The van der Waals surface area contributed by atoms with E-state index in [1.54, 1.807) is 0 Å². The first-order valence-corrected chi connectivity index (χ1v) is 9.00. The molecule has 0 aliphatic heterocycles. The van der Waals surface area contributed by atoms with E-state index in [0.29, 0.717) is 14.5 Å². The molecule has 0 unspecified atom stereocenters. The molecule has 106 valence electrons. The van der Waals surface area contributed by atoms with E-state index >= 15 is 0 Å². The molecule has 0 spiro atoms. The second-order valence-corrected chi connectivity index (χ2v) is 6.92. The van der Waals surface area contributed by atoms with Gasteiger partial charge in [-0.1, -0.05) is 0 Å². The van der Waals surface area contributed by atoms with Gasteiger partial charge in [0.25, 0.3) is 0 Å². The zero-order valence-corrected chi connectivity index (χ0v) is 13.6. The summed E-state index contributed by atoms with van der Waals surface area (Å²) in [4.78, 5) is 9.09. The second-order valence-electron chi connectivity index (χ2n) is 4.97. The van der Waals surface area contributed by atoms with Crippen LogP contribution in [0, 0.1) is 0 Å². The first-order valence-electron chi connectivity index (χ1n) is 7.16. The van der Waals surface area contributed by atoms with Gasteiger partial charge in [0.1, 0.15) is 0 Å². The summed E-state index contributed by atoms with van der Waals surface area (Å²) in [5.74, 6) is 0.968. The number of rotatable bonds is 3. The Labute approximate surface area is 135 Å². The van der Waals surface area contributed by atoms with Crippen molar-refractivity contribution in [2.24, 2.45) is 0 Å². The molecule has 0 bridgehead atoms. The molecule has 2 nitrogen and oxygen atoms in total. The zero-order chi connectivity index (χ0) is 14.8. The average molecular weight is 349 g/mol. The Balaban J connectivity index is 1.98. The van der Waals surface area contributed by atoms with Crippen molar-refractivity contribution in [1.29, 1.82) is 0 Å². The van der Waals surface area contributed by atoms with Crippen molar-refractivity contribution < 1.29 is 0 Å². The van der Waals surface area contributed by atoms with Gasteiger partial charge in [0.2, 0.25) is 0 Å². The molecule has 22 heavy (non-hydrogen) atoms. The molecule has 4 rings (SSSR count). The third-order valence-electron chi connectivity index (χ3n) is 3.61. The molecule has 0 fully saturated rings. The molecule has 0 aliphatic carbocycles. The molecule has 0 amide bonds. The molecule has 0 radical (unpaired) electrons. The Morgan fingerprint density at radius 1 is 0.773 bits per heavy atom. The van der Waals surface area contributed by atoms with Crippen molar-refractivity contribution in [1.82, 2.24) is 4.98 Å². The molecule has 0 aliphatic rings. The number of nitrogens with zero attached hydrogens (tertiary/aromatic N) is 2. The first kappa shape index (κ1) is 13.3. The summed E-state index contributed by atoms with van der Waals surface area (Å²) >= 11 is 0.342. The fraction of sp³-hybridized carbons (Fsp3) is 0. The van der Waals surface area contributed by atoms with Crippen LogP contribution in [-0.2, 0) is 0 Å². The fourth-order valence-electron chi connectivity index (χ4n) is 2.64. The Morgan fingerprint density at radius 2 is 1.64 bits per heavy atom. The van der Waals surface area contributed by atoms with Crippen LogP contribution in [0.3, 0.4) is 0 Å². The van der Waals surface area contributed by atoms with Gasteiger partial charge in [-0.3, -0.25) is 0 Å². The van der Waals surface area contributed by atoms with Crippen LogP contribution in [0.1, 0.15) is 0 Å². The van der Waals surface area contributed by atoms with Crippen molar-refractivity contribution >= 4 is 41.3 Å². The van der Waals surface area contributed by atoms with Crippen LogP contribution in [0.15, 0.2) is 83.9 Å². The molecule has 2 aromatic heterocycles. The zero-order valence-electron chi connectivity index (χ0n) is 11.9. The number of pyridine rings is 1. The van der Waals surface area contributed by atoms with E-state index in [9.17, 15) is 0 Å². The summed E-state index contributed by atoms with van der Waals surface area (Å²) in [6.45, 7) is 0. The van der Waals surface area contributed by atoms with Crippen LogP contribution in [0.5, 0.6) is 0 Å². The van der Waals surface area contributed by atoms with Gasteiger partial charge in [0.15, 0.2) is 0 Å². The van der Waals surface area contributed by atoms with Crippen LogP contribution in [0.25, 0.3) is 10.8 Å². The van der Waals surface area contributed by atoms with E-state index in [4.69, 9.17) is 0 Å². The van der Waals surface area contributed by atoms with Crippen molar-refractivity contribution in [2.45, 2.75) is 0 Å². The van der Waals surface area contributed by atoms with Crippen LogP contribution < -0.4 is 4.90 Å². The third-order valence-corrected chi connectivity index (χ3v) is 5.40. The van der Waals surface area contributed by atoms with Crippen molar-refractivity contribution in [3.63, 3.8) is 0 Å². The summed E-state index contributed by atoms with van der Waals surface area (Å²) in [5, 5.41) is 2.50. The summed E-state index contributed by atoms with van der Waals surface area (Å²) < 4.78 is 1.31. The summed E-state index contributed by atoms with van der Waals surface area (Å²) in [6.07, 6.45) is 1.85. The van der Waals surface area contributed by atoms with Gasteiger partial charge in [-0.05, 0) is 0 Å². The molecule has 3 heteroatoms. The summed E-state index contributed by atoms with van der Waals surface area (Å²) in [5.41, 5.74) is 1.19. The predicted molar refractivity (Wildman–Crippen MR) is 93.4 cm³/mol. The molecule has 4 aromatic rings. The Hall–Kier alpha value is -2.35. The molecular formula is C19H14N2Se. The Kier molecular flexibility index (Phi) is 3.51. The van der Waals surface area contributed by atoms with Gasteiger partial charge >= 0.3 is 135 Å². The predicted octanol–water partition coefficient (Wildman–Crippen LogP) is 4.76. The van der Waals surface area contributed by atoms with Crippen LogP contribution in [-0.4, -0.2) is 19.5 Å². The minimum atomic E-state index is 0.342. The number of hydrogen-bond acceptors (Lipinski definition) is 2. The first-order chi connectivity index (χ1) is 10.9. The van der Waals surface area contributed by atoms with Crippen LogP contribution >= 0.6 is 0 Å². The minimum absolute atomic E-state index is 0.342. The number of fused-ring (bicyclic) bond motifs is 1. The van der Waals surface area contributed by atoms with E-state index in [1.165, 1.54) is 21.0 Å². The number of benzene rings is 2. The van der Waals surface area contributed by atoms with Gasteiger partial charge < -0.3 is 0 Å². The Bertz CT molecular complexity index is 880. The molecule has 0 saturated heterocycles. The average Bonchev–Trinajstić information content (AvgIpc) is 3.11. The standard InChI is InChI=1S/C19H14N2Se/c1-2-9-16-15(7-1)8-5-10-17(16)21(19-12-6-14-22-19)18-11-3-4-13-20-18/h1-14H. The van der Waals surface area contributed by atoms with Gasteiger partial charge in [-0.2, -0.15) is 0 Å². The van der Waals surface area contributed by atoms with Gasteiger partial charge in [0.05, 0.1) is 0 Å². The molecule has 0 atom stereocenters. The van der Waals surface area contributed by atoms with E-state index < -0.39 is 0 Å². The van der Waals surface area contributed by atoms with E-state index in [-0.39, 0.29) is 0 Å². The SMILES string of the molecule is c1ccc(N(c2ccc[se]2)c2cccc3ccccc23)nc1. The van der Waals surface area contributed by atoms with Gasteiger partial charge in [0, 0.05) is 0 Å². The second kappa shape index (κ2) is 5.80. The van der Waals surface area contributed by atoms with Crippen LogP contribution in [0.2, 0.25) is 0 Å². The molecule has 0 N–H and O–H groups in total. The topological polar surface area (TPSA) is 16.1 Å². The maximum atomic E-state index is 4.57. The maximum absolute atomic E-state index is 4.57. The van der Waals surface area contributed by atoms with Crippen molar-refractivity contribution in [3.8, 4) is 0 Å². The van der Waals surface area contributed by atoms with Crippen molar-refractivity contribution in [3.05, 3.63) is 83.9 Å². The summed E-state index contributed by atoms with van der Waals surface area (Å²) in [7, 11) is 0. The van der Waals surface area contributed by atoms with Gasteiger partial charge in [-0.15, -0.1) is 0 Å². The molecule has 2 heterocycles. The van der Waals surface area contributed by atoms with Crippen LogP contribution in [0.4, 0.5) is 16.1 Å². The van der Waals surface area contributed by atoms with E-state index in [1.807, 2.05) is 18.3 Å². The normalized spacial score (nSPS) is 10.7. The van der Waals surface area contributed by atoms with E-state index in [2.05, 4.69) is 75.5 Å². The monoisotopic (exact) mass is 350 g/mol. The number of anilines is 3. The number of hydrogen-bond donors (Lipinski definition) is 0. The van der Waals surface area contributed by atoms with Gasteiger partial charge in [-0.25, -0.2) is 0 Å².